The first kappa shape index (κ1) is 17.5. The van der Waals surface area contributed by atoms with Gasteiger partial charge in [0.25, 0.3) is 11.8 Å². The lowest BCUT2D eigenvalue weighted by atomic mass is 10.0. The predicted octanol–water partition coefficient (Wildman–Crippen LogP) is 2.92. The van der Waals surface area contributed by atoms with Crippen LogP contribution in [0.5, 0.6) is 11.5 Å². The molecule has 0 fully saturated rings. The first-order valence-corrected chi connectivity index (χ1v) is 8.27. The van der Waals surface area contributed by atoms with E-state index in [4.69, 9.17) is 9.47 Å². The highest BCUT2D eigenvalue weighted by atomic mass is 16.5. The average Bonchev–Trinajstić information content (AvgIpc) is 2.87. The van der Waals surface area contributed by atoms with E-state index >= 15 is 0 Å². The molecule has 2 aromatic carbocycles. The molecule has 2 amide bonds. The molecule has 0 radical (unpaired) electrons. The fourth-order valence-electron chi connectivity index (χ4n) is 2.84. The number of amides is 2. The molecule has 0 spiro atoms. The summed E-state index contributed by atoms with van der Waals surface area (Å²) in [6.07, 6.45) is 0. The standard InChI is InChI=1S/C20H20N2O4/c1-4-26-16-12-8-6-10-14(16)21-18-17(19(23)22(2)20(18)24)13-9-5-7-11-15(13)25-3/h5-12,21H,4H2,1-3H3. The Morgan fingerprint density at radius 1 is 0.962 bits per heavy atom. The van der Waals surface area contributed by atoms with Gasteiger partial charge in [-0.15, -0.1) is 0 Å². The van der Waals surface area contributed by atoms with E-state index in [0.29, 0.717) is 29.4 Å². The van der Waals surface area contributed by atoms with E-state index < -0.39 is 5.91 Å². The van der Waals surface area contributed by atoms with Gasteiger partial charge in [-0.05, 0) is 25.1 Å². The lowest BCUT2D eigenvalue weighted by Gasteiger charge is -2.14. The first-order valence-electron chi connectivity index (χ1n) is 8.27. The lowest BCUT2D eigenvalue weighted by molar-refractivity contribution is -0.135. The number of ether oxygens (including phenoxy) is 2. The highest BCUT2D eigenvalue weighted by Gasteiger charge is 2.38. The molecule has 6 heteroatoms. The van der Waals surface area contributed by atoms with E-state index in [1.807, 2.05) is 25.1 Å². The van der Waals surface area contributed by atoms with Gasteiger partial charge in [0.2, 0.25) is 0 Å². The highest BCUT2D eigenvalue weighted by molar-refractivity contribution is 6.36. The summed E-state index contributed by atoms with van der Waals surface area (Å²) in [6.45, 7) is 2.37. The minimum atomic E-state index is -0.401. The van der Waals surface area contributed by atoms with Crippen molar-refractivity contribution in [2.24, 2.45) is 0 Å². The van der Waals surface area contributed by atoms with Crippen LogP contribution < -0.4 is 14.8 Å². The molecule has 2 aromatic rings. The van der Waals surface area contributed by atoms with E-state index in [0.717, 1.165) is 4.90 Å². The van der Waals surface area contributed by atoms with E-state index in [2.05, 4.69) is 5.32 Å². The van der Waals surface area contributed by atoms with Crippen molar-refractivity contribution < 1.29 is 19.1 Å². The van der Waals surface area contributed by atoms with Crippen LogP contribution in [0.3, 0.4) is 0 Å². The zero-order valence-corrected chi connectivity index (χ0v) is 14.9. The van der Waals surface area contributed by atoms with Gasteiger partial charge in [0.05, 0.1) is 25.0 Å². The van der Waals surface area contributed by atoms with Crippen molar-refractivity contribution in [1.82, 2.24) is 4.90 Å². The van der Waals surface area contributed by atoms with Gasteiger partial charge in [0, 0.05) is 12.6 Å². The third kappa shape index (κ3) is 3.01. The average molecular weight is 352 g/mol. The Labute approximate surface area is 152 Å². The van der Waals surface area contributed by atoms with E-state index in [1.165, 1.54) is 14.2 Å². The second-order valence-electron chi connectivity index (χ2n) is 5.67. The van der Waals surface area contributed by atoms with Gasteiger partial charge in [-0.25, -0.2) is 0 Å². The maximum atomic E-state index is 12.7. The number of likely N-dealkylation sites (N-methyl/N-ethyl adjacent to an activating group) is 1. The van der Waals surface area contributed by atoms with Gasteiger partial charge in [-0.2, -0.15) is 0 Å². The van der Waals surface area contributed by atoms with E-state index in [-0.39, 0.29) is 17.2 Å². The minimum absolute atomic E-state index is 0.203. The third-order valence-electron chi connectivity index (χ3n) is 4.11. The summed E-state index contributed by atoms with van der Waals surface area (Å²) in [4.78, 5) is 26.5. The van der Waals surface area contributed by atoms with Crippen molar-refractivity contribution in [3.63, 3.8) is 0 Å². The van der Waals surface area contributed by atoms with E-state index in [1.54, 1.807) is 30.3 Å². The van der Waals surface area contributed by atoms with Gasteiger partial charge < -0.3 is 14.8 Å². The SMILES string of the molecule is CCOc1ccccc1NC1=C(c2ccccc2OC)C(=O)N(C)C1=O. The first-order chi connectivity index (χ1) is 12.6. The molecule has 0 unspecified atom stereocenters. The Kier molecular flexibility index (Phi) is 4.93. The Morgan fingerprint density at radius 2 is 1.62 bits per heavy atom. The Hall–Kier alpha value is -3.28. The topological polar surface area (TPSA) is 67.9 Å². The molecule has 1 N–H and O–H groups in total. The van der Waals surface area contributed by atoms with Crippen LogP contribution in [0.1, 0.15) is 12.5 Å². The van der Waals surface area contributed by atoms with Crippen LogP contribution in [-0.2, 0) is 9.59 Å². The number of nitrogens with one attached hydrogen (secondary N) is 1. The highest BCUT2D eigenvalue weighted by Crippen LogP contribution is 2.36. The number of hydrogen-bond donors (Lipinski definition) is 1. The molecule has 0 saturated carbocycles. The van der Waals surface area contributed by atoms with Crippen LogP contribution in [0.2, 0.25) is 0 Å². The van der Waals surface area contributed by atoms with Gasteiger partial charge in [0.1, 0.15) is 17.2 Å². The zero-order valence-electron chi connectivity index (χ0n) is 14.9. The van der Waals surface area contributed by atoms with Gasteiger partial charge >= 0.3 is 0 Å². The summed E-state index contributed by atoms with van der Waals surface area (Å²) in [6, 6.07) is 14.4. The number of para-hydroxylation sites is 3. The van der Waals surface area contributed by atoms with Gasteiger partial charge in [-0.3, -0.25) is 14.5 Å². The number of carbonyl (C=O) groups excluding carboxylic acids is 2. The van der Waals surface area contributed by atoms with Crippen LogP contribution in [0, 0.1) is 0 Å². The molecule has 1 heterocycles. The number of anilines is 1. The molecule has 0 saturated heterocycles. The fraction of sp³-hybridized carbons (Fsp3) is 0.200. The maximum Gasteiger partial charge on any atom is 0.277 e. The van der Waals surface area contributed by atoms with Crippen LogP contribution in [0.25, 0.3) is 5.57 Å². The van der Waals surface area contributed by atoms with Crippen molar-refractivity contribution in [3.8, 4) is 11.5 Å². The van der Waals surface area contributed by atoms with Crippen LogP contribution in [0.4, 0.5) is 5.69 Å². The number of hydrogen-bond acceptors (Lipinski definition) is 5. The lowest BCUT2D eigenvalue weighted by Crippen LogP contribution is -2.28. The maximum absolute atomic E-state index is 12.7. The normalized spacial score (nSPS) is 14.0. The van der Waals surface area contributed by atoms with Crippen molar-refractivity contribution in [3.05, 3.63) is 59.8 Å². The summed E-state index contributed by atoms with van der Waals surface area (Å²) in [7, 11) is 2.99. The van der Waals surface area contributed by atoms with Gasteiger partial charge in [-0.1, -0.05) is 30.3 Å². The number of methoxy groups -OCH3 is 1. The predicted molar refractivity (Wildman–Crippen MR) is 98.9 cm³/mol. The Morgan fingerprint density at radius 3 is 2.31 bits per heavy atom. The smallest absolute Gasteiger partial charge is 0.277 e. The molecule has 1 aliphatic heterocycles. The number of imide groups is 1. The number of rotatable bonds is 6. The van der Waals surface area contributed by atoms with E-state index in [9.17, 15) is 9.59 Å². The summed E-state index contributed by atoms with van der Waals surface area (Å²) in [5, 5.41) is 3.09. The minimum Gasteiger partial charge on any atom is -0.496 e. The molecule has 0 atom stereocenters. The Bertz CT molecular complexity index is 889. The summed E-state index contributed by atoms with van der Waals surface area (Å²) >= 11 is 0. The monoisotopic (exact) mass is 352 g/mol. The molecular weight excluding hydrogens is 332 g/mol. The molecule has 0 aliphatic carbocycles. The summed E-state index contributed by atoms with van der Waals surface area (Å²) in [5.74, 6) is 0.353. The third-order valence-corrected chi connectivity index (χ3v) is 4.11. The number of carbonyl (C=O) groups is 2. The molecule has 6 nitrogen and oxygen atoms in total. The van der Waals surface area contributed by atoms with Crippen LogP contribution >= 0.6 is 0 Å². The zero-order chi connectivity index (χ0) is 18.7. The van der Waals surface area contributed by atoms with Crippen molar-refractivity contribution in [2.75, 3.05) is 26.1 Å². The van der Waals surface area contributed by atoms with Gasteiger partial charge in [0.15, 0.2) is 0 Å². The van der Waals surface area contributed by atoms with Crippen molar-refractivity contribution >= 4 is 23.1 Å². The number of nitrogens with zero attached hydrogens (tertiary/aromatic N) is 1. The second-order valence-corrected chi connectivity index (χ2v) is 5.67. The largest absolute Gasteiger partial charge is 0.496 e. The molecule has 26 heavy (non-hydrogen) atoms. The molecule has 0 aromatic heterocycles. The Balaban J connectivity index is 2.13. The fourth-order valence-corrected chi connectivity index (χ4v) is 2.84. The quantitative estimate of drug-likeness (QED) is 0.810. The molecule has 134 valence electrons. The van der Waals surface area contributed by atoms with Crippen molar-refractivity contribution in [2.45, 2.75) is 6.92 Å². The molecular formula is C20H20N2O4. The second kappa shape index (κ2) is 7.31. The number of benzene rings is 2. The molecule has 1 aliphatic rings. The van der Waals surface area contributed by atoms with Crippen LogP contribution in [-0.4, -0.2) is 37.5 Å². The summed E-state index contributed by atoms with van der Waals surface area (Å²) < 4.78 is 11.0. The molecule has 0 bridgehead atoms. The van der Waals surface area contributed by atoms with Crippen LogP contribution in [0.15, 0.2) is 54.2 Å². The molecule has 3 rings (SSSR count). The summed E-state index contributed by atoms with van der Waals surface area (Å²) in [5.41, 5.74) is 1.66. The van der Waals surface area contributed by atoms with Crippen molar-refractivity contribution in [1.29, 1.82) is 0 Å².